The Kier molecular flexibility index (Phi) is 5.15. The summed E-state index contributed by atoms with van der Waals surface area (Å²) < 4.78 is 0. The summed E-state index contributed by atoms with van der Waals surface area (Å²) >= 11 is 0. The Morgan fingerprint density at radius 1 is 1.05 bits per heavy atom. The lowest BCUT2D eigenvalue weighted by Crippen LogP contribution is -2.26. The van der Waals surface area contributed by atoms with Crippen LogP contribution in [0.3, 0.4) is 0 Å². The molecule has 0 aliphatic rings. The molecule has 0 aliphatic heterocycles. The van der Waals surface area contributed by atoms with Gasteiger partial charge in [-0.05, 0) is 43.9 Å². The molecule has 0 bridgehead atoms. The fourth-order valence-electron chi connectivity index (χ4n) is 2.57. The van der Waals surface area contributed by atoms with Crippen molar-refractivity contribution in [1.82, 2.24) is 0 Å². The van der Waals surface area contributed by atoms with Crippen LogP contribution < -0.4 is 4.90 Å². The maximum absolute atomic E-state index is 12.3. The van der Waals surface area contributed by atoms with Gasteiger partial charge in [0.25, 0.3) is 0 Å². The molecule has 1 amide bonds. The second-order valence-corrected chi connectivity index (χ2v) is 5.58. The summed E-state index contributed by atoms with van der Waals surface area (Å²) in [6.07, 6.45) is 2.42. The van der Waals surface area contributed by atoms with Gasteiger partial charge in [-0.25, -0.2) is 0 Å². The monoisotopic (exact) mass is 281 g/mol. The van der Waals surface area contributed by atoms with Crippen molar-refractivity contribution >= 4 is 11.6 Å². The second kappa shape index (κ2) is 7.07. The Morgan fingerprint density at radius 2 is 1.76 bits per heavy atom. The van der Waals surface area contributed by atoms with Crippen LogP contribution in [-0.2, 0) is 11.2 Å². The normalized spacial score (nSPS) is 10.4. The topological polar surface area (TPSA) is 20.3 Å². The molecule has 2 rings (SSSR count). The fourth-order valence-corrected chi connectivity index (χ4v) is 2.57. The number of carbonyl (C=O) groups excluding carboxylic acids is 1. The molecule has 0 spiro atoms. The molecule has 110 valence electrons. The molecule has 0 atom stereocenters. The van der Waals surface area contributed by atoms with E-state index in [1.165, 1.54) is 11.1 Å². The molecule has 0 saturated carbocycles. The van der Waals surface area contributed by atoms with Crippen molar-refractivity contribution in [2.45, 2.75) is 33.1 Å². The third kappa shape index (κ3) is 4.19. The van der Waals surface area contributed by atoms with Gasteiger partial charge in [-0.3, -0.25) is 4.79 Å². The predicted molar refractivity (Wildman–Crippen MR) is 88.7 cm³/mol. The Balaban J connectivity index is 1.90. The summed E-state index contributed by atoms with van der Waals surface area (Å²) in [7, 11) is 1.86. The summed E-state index contributed by atoms with van der Waals surface area (Å²) in [4.78, 5) is 14.1. The zero-order chi connectivity index (χ0) is 15.2. The minimum atomic E-state index is 0.179. The summed E-state index contributed by atoms with van der Waals surface area (Å²) in [5.41, 5.74) is 4.67. The summed E-state index contributed by atoms with van der Waals surface area (Å²) in [5.74, 6) is 0.179. The highest BCUT2D eigenvalue weighted by Crippen LogP contribution is 2.21. The molecular weight excluding hydrogens is 258 g/mol. The first-order chi connectivity index (χ1) is 10.1. The van der Waals surface area contributed by atoms with Crippen LogP contribution in [0.5, 0.6) is 0 Å². The fraction of sp³-hybridized carbons (Fsp3) is 0.316. The van der Waals surface area contributed by atoms with Crippen LogP contribution in [0.4, 0.5) is 5.69 Å². The summed E-state index contributed by atoms with van der Waals surface area (Å²) in [6, 6.07) is 16.5. The Bertz CT molecular complexity index is 604. The van der Waals surface area contributed by atoms with Crippen LogP contribution >= 0.6 is 0 Å². The zero-order valence-electron chi connectivity index (χ0n) is 13.1. The highest BCUT2D eigenvalue weighted by Gasteiger charge is 2.12. The van der Waals surface area contributed by atoms with E-state index in [1.807, 2.05) is 31.3 Å². The largest absolute Gasteiger partial charge is 0.315 e. The third-order valence-electron chi connectivity index (χ3n) is 3.79. The van der Waals surface area contributed by atoms with Crippen molar-refractivity contribution in [3.8, 4) is 0 Å². The van der Waals surface area contributed by atoms with Gasteiger partial charge in [0.05, 0.1) is 0 Å². The lowest BCUT2D eigenvalue weighted by Gasteiger charge is -2.20. The molecule has 0 radical (unpaired) electrons. The first-order valence-electron chi connectivity index (χ1n) is 7.45. The van der Waals surface area contributed by atoms with Crippen LogP contribution in [0, 0.1) is 13.8 Å². The standard InChI is InChI=1S/C19H23NO/c1-15-12-13-18(16(2)14-15)20(3)19(21)11-7-10-17-8-5-4-6-9-17/h4-6,8-9,12-14H,7,10-11H2,1-3H3. The van der Waals surface area contributed by atoms with Crippen LogP contribution in [-0.4, -0.2) is 13.0 Å². The van der Waals surface area contributed by atoms with E-state index in [4.69, 9.17) is 0 Å². The molecular formula is C19H23NO. The maximum atomic E-state index is 12.3. The first-order valence-corrected chi connectivity index (χ1v) is 7.45. The van der Waals surface area contributed by atoms with Crippen LogP contribution in [0.25, 0.3) is 0 Å². The molecule has 0 saturated heterocycles. The smallest absolute Gasteiger partial charge is 0.226 e. The lowest BCUT2D eigenvalue weighted by molar-refractivity contribution is -0.118. The van der Waals surface area contributed by atoms with Gasteiger partial charge in [-0.2, -0.15) is 0 Å². The van der Waals surface area contributed by atoms with E-state index in [2.05, 4.69) is 38.1 Å². The van der Waals surface area contributed by atoms with E-state index in [1.54, 1.807) is 4.90 Å². The van der Waals surface area contributed by atoms with Crippen molar-refractivity contribution in [3.63, 3.8) is 0 Å². The zero-order valence-corrected chi connectivity index (χ0v) is 13.1. The van der Waals surface area contributed by atoms with Gasteiger partial charge in [0.2, 0.25) is 5.91 Å². The van der Waals surface area contributed by atoms with E-state index in [-0.39, 0.29) is 5.91 Å². The first kappa shape index (κ1) is 15.3. The Morgan fingerprint density at radius 3 is 2.43 bits per heavy atom. The van der Waals surface area contributed by atoms with Gasteiger partial charge >= 0.3 is 0 Å². The molecule has 21 heavy (non-hydrogen) atoms. The SMILES string of the molecule is Cc1ccc(N(C)C(=O)CCCc2ccccc2)c(C)c1. The number of nitrogens with zero attached hydrogens (tertiary/aromatic N) is 1. The maximum Gasteiger partial charge on any atom is 0.226 e. The highest BCUT2D eigenvalue weighted by molar-refractivity contribution is 5.93. The Labute approximate surface area is 127 Å². The van der Waals surface area contributed by atoms with Gasteiger partial charge in [0.1, 0.15) is 0 Å². The molecule has 0 unspecified atom stereocenters. The van der Waals surface area contributed by atoms with Crippen LogP contribution in [0.1, 0.15) is 29.5 Å². The molecule has 2 aromatic rings. The van der Waals surface area contributed by atoms with E-state index in [0.717, 1.165) is 24.1 Å². The van der Waals surface area contributed by atoms with Gasteiger partial charge in [0.15, 0.2) is 0 Å². The van der Waals surface area contributed by atoms with E-state index in [9.17, 15) is 4.79 Å². The number of rotatable bonds is 5. The minimum absolute atomic E-state index is 0.179. The van der Waals surface area contributed by atoms with E-state index < -0.39 is 0 Å². The summed E-state index contributed by atoms with van der Waals surface area (Å²) in [6.45, 7) is 4.12. The van der Waals surface area contributed by atoms with Crippen molar-refractivity contribution in [2.24, 2.45) is 0 Å². The van der Waals surface area contributed by atoms with Gasteiger partial charge in [-0.1, -0.05) is 48.0 Å². The number of anilines is 1. The number of hydrogen-bond donors (Lipinski definition) is 0. The Hall–Kier alpha value is -2.09. The number of hydrogen-bond acceptors (Lipinski definition) is 1. The van der Waals surface area contributed by atoms with Gasteiger partial charge < -0.3 is 4.90 Å². The van der Waals surface area contributed by atoms with Crippen molar-refractivity contribution in [1.29, 1.82) is 0 Å². The number of aryl methyl sites for hydroxylation is 3. The molecule has 2 heteroatoms. The number of amides is 1. The molecule has 2 nitrogen and oxygen atoms in total. The molecule has 0 N–H and O–H groups in total. The van der Waals surface area contributed by atoms with Crippen molar-refractivity contribution < 1.29 is 4.79 Å². The number of benzene rings is 2. The van der Waals surface area contributed by atoms with Crippen molar-refractivity contribution in [3.05, 3.63) is 65.2 Å². The molecule has 0 fully saturated rings. The molecule has 0 aromatic heterocycles. The van der Waals surface area contributed by atoms with Gasteiger partial charge in [0, 0.05) is 19.2 Å². The average molecular weight is 281 g/mol. The molecule has 0 heterocycles. The van der Waals surface area contributed by atoms with Crippen LogP contribution in [0.15, 0.2) is 48.5 Å². The van der Waals surface area contributed by atoms with Crippen molar-refractivity contribution in [2.75, 3.05) is 11.9 Å². The van der Waals surface area contributed by atoms with E-state index >= 15 is 0 Å². The summed E-state index contributed by atoms with van der Waals surface area (Å²) in [5, 5.41) is 0. The van der Waals surface area contributed by atoms with Crippen LogP contribution in [0.2, 0.25) is 0 Å². The predicted octanol–water partition coefficient (Wildman–Crippen LogP) is 4.29. The molecule has 2 aromatic carbocycles. The number of carbonyl (C=O) groups is 1. The second-order valence-electron chi connectivity index (χ2n) is 5.58. The highest BCUT2D eigenvalue weighted by atomic mass is 16.2. The van der Waals surface area contributed by atoms with E-state index in [0.29, 0.717) is 6.42 Å². The molecule has 0 aliphatic carbocycles. The van der Waals surface area contributed by atoms with Gasteiger partial charge in [-0.15, -0.1) is 0 Å². The minimum Gasteiger partial charge on any atom is -0.315 e. The third-order valence-corrected chi connectivity index (χ3v) is 3.79. The quantitative estimate of drug-likeness (QED) is 0.800. The lowest BCUT2D eigenvalue weighted by atomic mass is 10.1. The average Bonchev–Trinajstić information content (AvgIpc) is 2.47.